The van der Waals surface area contributed by atoms with E-state index in [0.717, 1.165) is 19.4 Å². The average Bonchev–Trinajstić information content (AvgIpc) is 3.01. The quantitative estimate of drug-likeness (QED) is 0.696. The van der Waals surface area contributed by atoms with Crippen LogP contribution in [0.25, 0.3) is 0 Å². The van der Waals surface area contributed by atoms with Crippen LogP contribution in [-0.4, -0.2) is 28.7 Å². The lowest BCUT2D eigenvalue weighted by Crippen LogP contribution is -2.43. The summed E-state index contributed by atoms with van der Waals surface area (Å²) in [5.74, 6) is 0.527. The van der Waals surface area contributed by atoms with E-state index in [9.17, 15) is 4.79 Å². The lowest BCUT2D eigenvalue weighted by atomic mass is 9.92. The van der Waals surface area contributed by atoms with Gasteiger partial charge in [-0.1, -0.05) is 37.5 Å². The van der Waals surface area contributed by atoms with Gasteiger partial charge < -0.3 is 4.74 Å². The predicted molar refractivity (Wildman–Crippen MR) is 88.7 cm³/mol. The predicted octanol–water partition coefficient (Wildman–Crippen LogP) is 4.83. The van der Waals surface area contributed by atoms with Crippen LogP contribution in [0.4, 0.5) is 4.79 Å². The van der Waals surface area contributed by atoms with Crippen molar-refractivity contribution in [3.63, 3.8) is 0 Å². The number of hydrogen-bond acceptors (Lipinski definition) is 2. The van der Waals surface area contributed by atoms with Gasteiger partial charge in [-0.25, -0.2) is 4.79 Å². The fraction of sp³-hybridized carbons (Fsp3) is 0.737. The largest absolute Gasteiger partial charge is 0.444 e. The molecule has 0 aromatic rings. The Labute approximate surface area is 134 Å². The van der Waals surface area contributed by atoms with E-state index in [-0.39, 0.29) is 11.6 Å². The lowest BCUT2D eigenvalue weighted by molar-refractivity contribution is 0.0210. The topological polar surface area (TPSA) is 29.5 Å². The standard InChI is InChI=1S/C19H29NO2/c1-5-6-7-8-14-11-15-9-10-20(17(21)22-18(2,3)4)19(15)13-16(19)12-14/h11-12,16H,5-10,13H2,1-4H3. The van der Waals surface area contributed by atoms with E-state index in [1.54, 1.807) is 0 Å². The van der Waals surface area contributed by atoms with Crippen LogP contribution in [0.2, 0.25) is 0 Å². The van der Waals surface area contributed by atoms with E-state index < -0.39 is 5.60 Å². The molecule has 3 rings (SSSR count). The van der Waals surface area contributed by atoms with Crippen molar-refractivity contribution in [3.8, 4) is 0 Å². The van der Waals surface area contributed by atoms with Crippen molar-refractivity contribution in [3.05, 3.63) is 23.3 Å². The highest BCUT2D eigenvalue weighted by molar-refractivity contribution is 5.73. The molecule has 1 heterocycles. The molecular weight excluding hydrogens is 274 g/mol. The van der Waals surface area contributed by atoms with Crippen LogP contribution in [0.1, 0.15) is 66.2 Å². The third-order valence-electron chi connectivity index (χ3n) is 5.08. The van der Waals surface area contributed by atoms with Crippen molar-refractivity contribution in [1.82, 2.24) is 4.90 Å². The summed E-state index contributed by atoms with van der Waals surface area (Å²) in [6.07, 6.45) is 11.8. The maximum Gasteiger partial charge on any atom is 0.411 e. The fourth-order valence-electron chi connectivity index (χ4n) is 4.01. The minimum Gasteiger partial charge on any atom is -0.444 e. The highest BCUT2D eigenvalue weighted by atomic mass is 16.6. The summed E-state index contributed by atoms with van der Waals surface area (Å²) in [4.78, 5) is 14.5. The number of rotatable bonds is 4. The fourth-order valence-corrected chi connectivity index (χ4v) is 4.01. The summed E-state index contributed by atoms with van der Waals surface area (Å²) in [5.41, 5.74) is 2.53. The zero-order chi connectivity index (χ0) is 16.0. The number of carbonyl (C=O) groups excluding carboxylic acids is 1. The summed E-state index contributed by atoms with van der Waals surface area (Å²) in [5, 5.41) is 0. The number of allylic oxidation sites excluding steroid dienone is 2. The number of ether oxygens (including phenoxy) is 1. The van der Waals surface area contributed by atoms with Crippen LogP contribution in [0.3, 0.4) is 0 Å². The molecule has 1 saturated heterocycles. The summed E-state index contributed by atoms with van der Waals surface area (Å²) < 4.78 is 5.61. The molecule has 2 unspecified atom stereocenters. The lowest BCUT2D eigenvalue weighted by Gasteiger charge is -2.30. The van der Waals surface area contributed by atoms with Crippen LogP contribution in [-0.2, 0) is 4.74 Å². The van der Waals surface area contributed by atoms with Gasteiger partial charge in [0.05, 0.1) is 5.54 Å². The molecule has 2 aliphatic carbocycles. The SMILES string of the molecule is CCCCCC1=CC2CC23C(=C1)CCN3C(=O)OC(C)(C)C. The first kappa shape index (κ1) is 15.6. The smallest absolute Gasteiger partial charge is 0.411 e. The molecule has 3 heteroatoms. The van der Waals surface area contributed by atoms with Crippen LogP contribution in [0.5, 0.6) is 0 Å². The second-order valence-electron chi connectivity index (χ2n) is 7.99. The molecule has 0 bridgehead atoms. The normalized spacial score (nSPS) is 29.5. The molecule has 3 nitrogen and oxygen atoms in total. The summed E-state index contributed by atoms with van der Waals surface area (Å²) >= 11 is 0. The van der Waals surface area contributed by atoms with E-state index in [1.807, 2.05) is 25.7 Å². The third-order valence-corrected chi connectivity index (χ3v) is 5.08. The summed E-state index contributed by atoms with van der Waals surface area (Å²) in [7, 11) is 0. The van der Waals surface area contributed by atoms with Crippen molar-refractivity contribution in [2.45, 2.75) is 77.4 Å². The molecule has 22 heavy (non-hydrogen) atoms. The Hall–Kier alpha value is -1.25. The first-order valence-corrected chi connectivity index (χ1v) is 8.79. The van der Waals surface area contributed by atoms with E-state index in [0.29, 0.717) is 5.92 Å². The first-order valence-electron chi connectivity index (χ1n) is 8.79. The molecule has 0 aromatic carbocycles. The van der Waals surface area contributed by atoms with Gasteiger partial charge in [0.25, 0.3) is 0 Å². The highest BCUT2D eigenvalue weighted by Crippen LogP contribution is 2.61. The maximum absolute atomic E-state index is 12.5. The number of likely N-dealkylation sites (tertiary alicyclic amines) is 1. The Morgan fingerprint density at radius 2 is 2.18 bits per heavy atom. The van der Waals surface area contributed by atoms with Crippen molar-refractivity contribution in [2.24, 2.45) is 5.92 Å². The van der Waals surface area contributed by atoms with Crippen molar-refractivity contribution in [1.29, 1.82) is 0 Å². The van der Waals surface area contributed by atoms with Crippen molar-refractivity contribution < 1.29 is 9.53 Å². The molecule has 3 aliphatic rings. The van der Waals surface area contributed by atoms with Gasteiger partial charge in [0.15, 0.2) is 0 Å². The Morgan fingerprint density at radius 3 is 2.86 bits per heavy atom. The number of hydrogen-bond donors (Lipinski definition) is 0. The third kappa shape index (κ3) is 2.70. The van der Waals surface area contributed by atoms with Gasteiger partial charge >= 0.3 is 6.09 Å². The molecule has 2 fully saturated rings. The Morgan fingerprint density at radius 1 is 1.41 bits per heavy atom. The molecule has 2 atom stereocenters. The number of unbranched alkanes of at least 4 members (excludes halogenated alkanes) is 2. The second-order valence-corrected chi connectivity index (χ2v) is 7.99. The molecule has 0 radical (unpaired) electrons. The molecule has 0 aromatic heterocycles. The number of carbonyl (C=O) groups is 1. The molecule has 1 saturated carbocycles. The molecule has 1 aliphatic heterocycles. The van der Waals surface area contributed by atoms with Crippen molar-refractivity contribution >= 4 is 6.09 Å². The van der Waals surface area contributed by atoms with E-state index in [1.165, 1.54) is 36.8 Å². The minimum atomic E-state index is -0.416. The molecule has 1 spiro atoms. The minimum absolute atomic E-state index is 0.0173. The monoisotopic (exact) mass is 303 g/mol. The van der Waals surface area contributed by atoms with Crippen LogP contribution in [0, 0.1) is 5.92 Å². The Kier molecular flexibility index (Phi) is 3.86. The van der Waals surface area contributed by atoms with Crippen molar-refractivity contribution in [2.75, 3.05) is 6.54 Å². The molecule has 0 N–H and O–H groups in total. The maximum atomic E-state index is 12.5. The van der Waals surface area contributed by atoms with Gasteiger partial charge in [-0.05, 0) is 52.0 Å². The van der Waals surface area contributed by atoms with Gasteiger partial charge in [-0.2, -0.15) is 0 Å². The summed E-state index contributed by atoms with van der Waals surface area (Å²) in [6.45, 7) is 8.87. The van der Waals surface area contributed by atoms with Crippen LogP contribution >= 0.6 is 0 Å². The van der Waals surface area contributed by atoms with Crippen LogP contribution < -0.4 is 0 Å². The van der Waals surface area contributed by atoms with E-state index >= 15 is 0 Å². The molecular formula is C19H29NO2. The highest BCUT2D eigenvalue weighted by Gasteiger charge is 2.65. The van der Waals surface area contributed by atoms with Gasteiger partial charge in [-0.3, -0.25) is 4.90 Å². The molecule has 1 amide bonds. The molecule has 122 valence electrons. The van der Waals surface area contributed by atoms with Gasteiger partial charge in [-0.15, -0.1) is 0 Å². The average molecular weight is 303 g/mol. The first-order chi connectivity index (χ1) is 10.4. The Bertz CT molecular complexity index is 526. The van der Waals surface area contributed by atoms with E-state index in [4.69, 9.17) is 4.74 Å². The van der Waals surface area contributed by atoms with Gasteiger partial charge in [0.2, 0.25) is 0 Å². The number of amides is 1. The summed E-state index contributed by atoms with van der Waals surface area (Å²) in [6, 6.07) is 0. The second kappa shape index (κ2) is 5.43. The zero-order valence-electron chi connectivity index (χ0n) is 14.4. The zero-order valence-corrected chi connectivity index (χ0v) is 14.4. The Balaban J connectivity index is 1.69. The number of nitrogens with zero attached hydrogens (tertiary/aromatic N) is 1. The van der Waals surface area contributed by atoms with Gasteiger partial charge in [0, 0.05) is 12.5 Å². The van der Waals surface area contributed by atoms with Gasteiger partial charge in [0.1, 0.15) is 5.60 Å². The van der Waals surface area contributed by atoms with Crippen LogP contribution in [0.15, 0.2) is 23.3 Å². The van der Waals surface area contributed by atoms with E-state index in [2.05, 4.69) is 19.1 Å².